The zero-order valence-corrected chi connectivity index (χ0v) is 13.4. The Morgan fingerprint density at radius 3 is 2.50 bits per heavy atom. The molecule has 0 amide bonds. The molecule has 4 heteroatoms. The van der Waals surface area contributed by atoms with Gasteiger partial charge in [-0.1, -0.05) is 19.1 Å². The molecule has 0 radical (unpaired) electrons. The average Bonchev–Trinajstić information content (AvgIpc) is 2.76. The highest BCUT2D eigenvalue weighted by molar-refractivity contribution is 9.11. The molecule has 0 aliphatic carbocycles. The molecule has 1 nitrogen and oxygen atoms in total. The van der Waals surface area contributed by atoms with Crippen molar-refractivity contribution in [1.82, 2.24) is 0 Å². The lowest BCUT2D eigenvalue weighted by atomic mass is 10.0. The van der Waals surface area contributed by atoms with E-state index in [9.17, 15) is 0 Å². The van der Waals surface area contributed by atoms with Gasteiger partial charge in [-0.3, -0.25) is 0 Å². The predicted molar refractivity (Wildman–Crippen MR) is 85.5 cm³/mol. The van der Waals surface area contributed by atoms with E-state index in [0.29, 0.717) is 0 Å². The predicted octanol–water partition coefficient (Wildman–Crippen LogP) is 4.87. The molecule has 1 aromatic carbocycles. The Bertz CT molecular complexity index is 493. The monoisotopic (exact) mass is 341 g/mol. The molecule has 1 heterocycles. The maximum absolute atomic E-state index is 6.24. The molecule has 0 aliphatic rings. The van der Waals surface area contributed by atoms with E-state index in [1.54, 1.807) is 11.3 Å². The number of hydrogen-bond acceptors (Lipinski definition) is 3. The van der Waals surface area contributed by atoms with Crippen LogP contribution in [0.25, 0.3) is 0 Å². The first-order valence-corrected chi connectivity index (χ1v) is 8.51. The number of thiophene rings is 1. The largest absolute Gasteiger partial charge is 0.324 e. The van der Waals surface area contributed by atoms with Gasteiger partial charge in [-0.25, -0.2) is 0 Å². The molecule has 0 aliphatic heterocycles. The van der Waals surface area contributed by atoms with E-state index in [0.717, 1.165) is 12.2 Å². The summed E-state index contributed by atoms with van der Waals surface area (Å²) in [7, 11) is 0. The van der Waals surface area contributed by atoms with Gasteiger partial charge in [-0.2, -0.15) is 0 Å². The number of benzene rings is 1. The van der Waals surface area contributed by atoms with E-state index >= 15 is 0 Å². The van der Waals surface area contributed by atoms with Crippen LogP contribution in [0.4, 0.5) is 0 Å². The van der Waals surface area contributed by atoms with Crippen LogP contribution in [0.5, 0.6) is 0 Å². The lowest BCUT2D eigenvalue weighted by molar-refractivity contribution is 0.729. The van der Waals surface area contributed by atoms with Crippen molar-refractivity contribution in [2.24, 2.45) is 5.73 Å². The first-order chi connectivity index (χ1) is 8.69. The fraction of sp³-hybridized carbons (Fsp3) is 0.286. The van der Waals surface area contributed by atoms with Crippen molar-refractivity contribution in [3.8, 4) is 0 Å². The summed E-state index contributed by atoms with van der Waals surface area (Å²) in [5, 5.41) is 0. The maximum Gasteiger partial charge on any atom is 0.0701 e. The van der Waals surface area contributed by atoms with Gasteiger partial charge in [0.15, 0.2) is 0 Å². The zero-order valence-electron chi connectivity index (χ0n) is 10.2. The molecule has 1 unspecified atom stereocenters. The molecule has 2 N–H and O–H groups in total. The van der Waals surface area contributed by atoms with Crippen LogP contribution in [-0.4, -0.2) is 5.75 Å². The second-order valence-corrected chi connectivity index (χ2v) is 7.90. The van der Waals surface area contributed by atoms with Crippen molar-refractivity contribution < 1.29 is 0 Å². The number of halogens is 1. The Hall–Kier alpha value is -0.290. The van der Waals surface area contributed by atoms with Crippen molar-refractivity contribution >= 4 is 39.0 Å². The van der Waals surface area contributed by atoms with Gasteiger partial charge in [0.05, 0.1) is 3.79 Å². The van der Waals surface area contributed by atoms with Crippen LogP contribution in [0.15, 0.2) is 45.1 Å². The second-order valence-electron chi connectivity index (χ2n) is 4.02. The topological polar surface area (TPSA) is 26.0 Å². The number of thioether (sulfide) groups is 1. The molecule has 0 bridgehead atoms. The summed E-state index contributed by atoms with van der Waals surface area (Å²) in [4.78, 5) is 2.63. The third kappa shape index (κ3) is 3.85. The molecule has 2 rings (SSSR count). The van der Waals surface area contributed by atoms with Gasteiger partial charge in [0.25, 0.3) is 0 Å². The standard InChI is InChI=1S/C14H16BrNS2/c1-2-17-11-5-3-10(4-6-11)13(16)9-12-7-8-14(15)18-12/h3-8,13H,2,9,16H2,1H3. The van der Waals surface area contributed by atoms with Crippen LogP contribution >= 0.6 is 39.0 Å². The van der Waals surface area contributed by atoms with Crippen molar-refractivity contribution in [3.63, 3.8) is 0 Å². The highest BCUT2D eigenvalue weighted by Crippen LogP contribution is 2.27. The molecule has 1 atom stereocenters. The molecule has 0 spiro atoms. The number of nitrogens with two attached hydrogens (primary N) is 1. The Morgan fingerprint density at radius 1 is 1.22 bits per heavy atom. The summed E-state index contributed by atoms with van der Waals surface area (Å²) in [6.45, 7) is 2.17. The molecule has 0 saturated heterocycles. The molecule has 96 valence electrons. The van der Waals surface area contributed by atoms with Gasteiger partial charge in [-0.15, -0.1) is 23.1 Å². The first kappa shape index (κ1) is 14.1. The van der Waals surface area contributed by atoms with Gasteiger partial charge in [0.2, 0.25) is 0 Å². The quantitative estimate of drug-likeness (QED) is 0.785. The second kappa shape index (κ2) is 6.75. The van der Waals surface area contributed by atoms with Gasteiger partial charge >= 0.3 is 0 Å². The first-order valence-electron chi connectivity index (χ1n) is 5.91. The fourth-order valence-electron chi connectivity index (χ4n) is 1.77. The molecular weight excluding hydrogens is 326 g/mol. The van der Waals surface area contributed by atoms with E-state index in [1.807, 2.05) is 11.8 Å². The van der Waals surface area contributed by atoms with Gasteiger partial charge in [0, 0.05) is 22.2 Å². The average molecular weight is 342 g/mol. The molecule has 0 fully saturated rings. The minimum absolute atomic E-state index is 0.0798. The van der Waals surface area contributed by atoms with E-state index in [4.69, 9.17) is 5.73 Å². The maximum atomic E-state index is 6.24. The Kier molecular flexibility index (Phi) is 5.30. The van der Waals surface area contributed by atoms with Crippen LogP contribution in [0, 0.1) is 0 Å². The number of hydrogen-bond donors (Lipinski definition) is 1. The highest BCUT2D eigenvalue weighted by Gasteiger charge is 2.08. The minimum Gasteiger partial charge on any atom is -0.324 e. The summed E-state index contributed by atoms with van der Waals surface area (Å²) < 4.78 is 1.17. The molecule has 18 heavy (non-hydrogen) atoms. The van der Waals surface area contributed by atoms with Crippen LogP contribution in [0.1, 0.15) is 23.4 Å². The minimum atomic E-state index is 0.0798. The Morgan fingerprint density at radius 2 is 1.94 bits per heavy atom. The lowest BCUT2D eigenvalue weighted by Gasteiger charge is -2.11. The summed E-state index contributed by atoms with van der Waals surface area (Å²) in [5.74, 6) is 1.11. The summed E-state index contributed by atoms with van der Waals surface area (Å²) in [6.07, 6.45) is 0.899. The van der Waals surface area contributed by atoms with Crippen LogP contribution in [-0.2, 0) is 6.42 Å². The molecular formula is C14H16BrNS2. The van der Waals surface area contributed by atoms with Gasteiger partial charge < -0.3 is 5.73 Å². The normalized spacial score (nSPS) is 12.6. The van der Waals surface area contributed by atoms with E-state index < -0.39 is 0 Å². The molecule has 2 aromatic rings. The number of rotatable bonds is 5. The van der Waals surface area contributed by atoms with Crippen molar-refractivity contribution in [1.29, 1.82) is 0 Å². The lowest BCUT2D eigenvalue weighted by Crippen LogP contribution is -2.12. The van der Waals surface area contributed by atoms with Crippen molar-refractivity contribution in [2.75, 3.05) is 5.75 Å². The van der Waals surface area contributed by atoms with Crippen LogP contribution in [0.3, 0.4) is 0 Å². The SMILES string of the molecule is CCSc1ccc(C(N)Cc2ccc(Br)s2)cc1. The fourth-order valence-corrected chi connectivity index (χ4v) is 3.98. The highest BCUT2D eigenvalue weighted by atomic mass is 79.9. The molecule has 0 saturated carbocycles. The van der Waals surface area contributed by atoms with Crippen molar-refractivity contribution in [3.05, 3.63) is 50.6 Å². The zero-order chi connectivity index (χ0) is 13.0. The van der Waals surface area contributed by atoms with E-state index in [2.05, 4.69) is 59.3 Å². The smallest absolute Gasteiger partial charge is 0.0701 e. The molecule has 1 aromatic heterocycles. The third-order valence-corrected chi connectivity index (χ3v) is 5.21. The summed E-state index contributed by atoms with van der Waals surface area (Å²) in [5.41, 5.74) is 7.45. The third-order valence-electron chi connectivity index (χ3n) is 2.67. The van der Waals surface area contributed by atoms with Gasteiger partial charge in [-0.05, 0) is 51.5 Å². The van der Waals surface area contributed by atoms with E-state index in [1.165, 1.54) is 19.1 Å². The van der Waals surface area contributed by atoms with Crippen molar-refractivity contribution in [2.45, 2.75) is 24.3 Å². The Balaban J connectivity index is 2.02. The summed E-state index contributed by atoms with van der Waals surface area (Å²) in [6, 6.07) is 12.9. The summed E-state index contributed by atoms with van der Waals surface area (Å²) >= 11 is 7.09. The van der Waals surface area contributed by atoms with Crippen LogP contribution < -0.4 is 5.73 Å². The van der Waals surface area contributed by atoms with Crippen LogP contribution in [0.2, 0.25) is 0 Å². The Labute approximate surface area is 125 Å². The van der Waals surface area contributed by atoms with Gasteiger partial charge in [0.1, 0.15) is 0 Å². The van der Waals surface area contributed by atoms with E-state index in [-0.39, 0.29) is 6.04 Å².